The maximum Gasteiger partial charge on any atom is 0.241 e. The molecule has 4 N–H and O–H groups in total. The fourth-order valence-electron chi connectivity index (χ4n) is 1.45. The molecule has 1 aromatic rings. The lowest BCUT2D eigenvalue weighted by Gasteiger charge is -2.09. The molecule has 104 valence electrons. The topological polar surface area (TPSA) is 92.4 Å². The minimum Gasteiger partial charge on any atom is -0.507 e. The van der Waals surface area contributed by atoms with E-state index in [0.717, 1.165) is 12.1 Å². The molecule has 1 rings (SSSR count). The average Bonchev–Trinajstić information content (AvgIpc) is 2.18. The number of benzene rings is 1. The Morgan fingerprint density at radius 3 is 2.50 bits per heavy atom. The summed E-state index contributed by atoms with van der Waals surface area (Å²) in [4.78, 5) is -0.223. The molecule has 0 amide bonds. The van der Waals surface area contributed by atoms with Crippen LogP contribution >= 0.6 is 12.4 Å². The number of primary sulfonamides is 1. The van der Waals surface area contributed by atoms with E-state index in [4.69, 9.17) is 5.14 Å². The van der Waals surface area contributed by atoms with Crippen molar-refractivity contribution in [2.75, 3.05) is 6.54 Å². The summed E-state index contributed by atoms with van der Waals surface area (Å²) < 4.78 is 22.4. The zero-order valence-corrected chi connectivity index (χ0v) is 12.0. The van der Waals surface area contributed by atoms with Gasteiger partial charge in [0.15, 0.2) is 0 Å². The van der Waals surface area contributed by atoms with E-state index in [1.807, 2.05) is 13.8 Å². The van der Waals surface area contributed by atoms with E-state index in [-0.39, 0.29) is 23.1 Å². The molecule has 0 radical (unpaired) electrons. The van der Waals surface area contributed by atoms with E-state index >= 15 is 0 Å². The average molecular weight is 295 g/mol. The SMILES string of the molecule is CC(C)NCCc1ccc(O)c(S(N)(=O)=O)c1.Cl. The highest BCUT2D eigenvalue weighted by molar-refractivity contribution is 7.89. The predicted octanol–water partition coefficient (Wildman–Crippen LogP) is 1.00. The molecule has 0 fully saturated rings. The second-order valence-corrected chi connectivity index (χ2v) is 5.74. The first kappa shape index (κ1) is 17.2. The number of nitrogens with one attached hydrogen (secondary N) is 1. The molecule has 0 aliphatic carbocycles. The van der Waals surface area contributed by atoms with Crippen molar-refractivity contribution in [3.8, 4) is 5.75 Å². The third-order valence-corrected chi connectivity index (χ3v) is 3.24. The fourth-order valence-corrected chi connectivity index (χ4v) is 2.12. The molecule has 1 aromatic carbocycles. The van der Waals surface area contributed by atoms with E-state index < -0.39 is 10.0 Å². The van der Waals surface area contributed by atoms with Gasteiger partial charge in [0.1, 0.15) is 10.6 Å². The molecule has 0 aliphatic heterocycles. The van der Waals surface area contributed by atoms with E-state index in [9.17, 15) is 13.5 Å². The van der Waals surface area contributed by atoms with Gasteiger partial charge in [0.05, 0.1) is 0 Å². The van der Waals surface area contributed by atoms with Gasteiger partial charge in [0.2, 0.25) is 10.0 Å². The smallest absolute Gasteiger partial charge is 0.241 e. The van der Waals surface area contributed by atoms with Gasteiger partial charge in [-0.25, -0.2) is 13.6 Å². The first-order chi connectivity index (χ1) is 7.80. The summed E-state index contributed by atoms with van der Waals surface area (Å²) in [5.74, 6) is -0.312. The van der Waals surface area contributed by atoms with Crippen LogP contribution in [0.5, 0.6) is 5.75 Å². The van der Waals surface area contributed by atoms with Gasteiger partial charge in [0, 0.05) is 6.04 Å². The number of hydrogen-bond donors (Lipinski definition) is 3. The Balaban J connectivity index is 0.00000289. The minimum absolute atomic E-state index is 0. The van der Waals surface area contributed by atoms with Crippen LogP contribution in [0.15, 0.2) is 23.1 Å². The number of phenolic OH excluding ortho intramolecular Hbond substituents is 1. The van der Waals surface area contributed by atoms with Gasteiger partial charge >= 0.3 is 0 Å². The van der Waals surface area contributed by atoms with Crippen molar-refractivity contribution >= 4 is 22.4 Å². The zero-order chi connectivity index (χ0) is 13.1. The number of phenols is 1. The van der Waals surface area contributed by atoms with Gasteiger partial charge < -0.3 is 10.4 Å². The van der Waals surface area contributed by atoms with Crippen molar-refractivity contribution in [1.82, 2.24) is 5.32 Å². The predicted molar refractivity (Wildman–Crippen MR) is 73.6 cm³/mol. The van der Waals surface area contributed by atoms with E-state index in [1.54, 1.807) is 6.07 Å². The summed E-state index contributed by atoms with van der Waals surface area (Å²) in [6.45, 7) is 4.81. The second kappa shape index (κ2) is 6.94. The van der Waals surface area contributed by atoms with E-state index in [1.165, 1.54) is 12.1 Å². The maximum atomic E-state index is 11.2. The lowest BCUT2D eigenvalue weighted by molar-refractivity contribution is 0.458. The first-order valence-corrected chi connectivity index (χ1v) is 6.93. The monoisotopic (exact) mass is 294 g/mol. The molecular formula is C11H19ClN2O3S. The van der Waals surface area contributed by atoms with Crippen LogP contribution in [0.4, 0.5) is 0 Å². The number of hydrogen-bond acceptors (Lipinski definition) is 4. The van der Waals surface area contributed by atoms with Crippen LogP contribution in [-0.4, -0.2) is 26.1 Å². The summed E-state index contributed by atoms with van der Waals surface area (Å²) in [5, 5.41) is 17.6. The Morgan fingerprint density at radius 2 is 2.00 bits per heavy atom. The number of sulfonamides is 1. The highest BCUT2D eigenvalue weighted by Crippen LogP contribution is 2.22. The standard InChI is InChI=1S/C11H18N2O3S.ClH/c1-8(2)13-6-5-9-3-4-10(14)11(7-9)17(12,15)16;/h3-4,7-8,13-14H,5-6H2,1-2H3,(H2,12,15,16);1H. The highest BCUT2D eigenvalue weighted by Gasteiger charge is 2.14. The maximum absolute atomic E-state index is 11.2. The summed E-state index contributed by atoms with van der Waals surface area (Å²) in [5.41, 5.74) is 0.819. The van der Waals surface area contributed by atoms with Gasteiger partial charge in [-0.1, -0.05) is 19.9 Å². The lowest BCUT2D eigenvalue weighted by atomic mass is 10.1. The molecule has 18 heavy (non-hydrogen) atoms. The molecule has 0 unspecified atom stereocenters. The third-order valence-electron chi connectivity index (χ3n) is 2.30. The summed E-state index contributed by atoms with van der Waals surface area (Å²) in [7, 11) is -3.87. The van der Waals surface area contributed by atoms with Crippen molar-refractivity contribution in [2.24, 2.45) is 5.14 Å². The number of nitrogens with two attached hydrogens (primary N) is 1. The third kappa shape index (κ3) is 5.22. The van der Waals surface area contributed by atoms with Gasteiger partial charge in [-0.3, -0.25) is 0 Å². The van der Waals surface area contributed by atoms with Crippen LogP contribution < -0.4 is 10.5 Å². The quantitative estimate of drug-likeness (QED) is 0.755. The summed E-state index contributed by atoms with van der Waals surface area (Å²) in [6.07, 6.45) is 0.682. The molecular weight excluding hydrogens is 276 g/mol. The van der Waals surface area contributed by atoms with Crippen LogP contribution in [-0.2, 0) is 16.4 Å². The Morgan fingerprint density at radius 1 is 1.39 bits per heavy atom. The fraction of sp³-hybridized carbons (Fsp3) is 0.455. The van der Waals surface area contributed by atoms with Crippen LogP contribution in [0.1, 0.15) is 19.4 Å². The molecule has 0 atom stereocenters. The minimum atomic E-state index is -3.87. The second-order valence-electron chi connectivity index (χ2n) is 4.21. The number of rotatable bonds is 5. The van der Waals surface area contributed by atoms with Crippen LogP contribution in [0.2, 0.25) is 0 Å². The van der Waals surface area contributed by atoms with E-state index in [0.29, 0.717) is 12.5 Å². The van der Waals surface area contributed by atoms with E-state index in [2.05, 4.69) is 5.32 Å². The van der Waals surface area contributed by atoms with Crippen molar-refractivity contribution in [2.45, 2.75) is 31.2 Å². The van der Waals surface area contributed by atoms with Crippen LogP contribution in [0, 0.1) is 0 Å². The Bertz CT molecular complexity index is 489. The van der Waals surface area contributed by atoms with Crippen molar-refractivity contribution in [3.05, 3.63) is 23.8 Å². The molecule has 0 saturated heterocycles. The largest absolute Gasteiger partial charge is 0.507 e. The van der Waals surface area contributed by atoms with Gasteiger partial charge in [-0.05, 0) is 30.7 Å². The highest BCUT2D eigenvalue weighted by atomic mass is 35.5. The van der Waals surface area contributed by atoms with Gasteiger partial charge in [0.25, 0.3) is 0 Å². The number of halogens is 1. The molecule has 5 nitrogen and oxygen atoms in total. The van der Waals surface area contributed by atoms with Gasteiger partial charge in [-0.2, -0.15) is 0 Å². The van der Waals surface area contributed by atoms with Gasteiger partial charge in [-0.15, -0.1) is 12.4 Å². The Kier molecular flexibility index (Phi) is 6.62. The first-order valence-electron chi connectivity index (χ1n) is 5.39. The molecule has 0 spiro atoms. The lowest BCUT2D eigenvalue weighted by Crippen LogP contribution is -2.25. The molecule has 0 aliphatic rings. The van der Waals surface area contributed by atoms with Crippen LogP contribution in [0.3, 0.4) is 0 Å². The Hall–Kier alpha value is -0.820. The normalized spacial score (nSPS) is 11.3. The molecule has 0 heterocycles. The van der Waals surface area contributed by atoms with Crippen molar-refractivity contribution in [1.29, 1.82) is 0 Å². The summed E-state index contributed by atoms with van der Waals surface area (Å²) in [6, 6.07) is 4.83. The van der Waals surface area contributed by atoms with Crippen LogP contribution in [0.25, 0.3) is 0 Å². The summed E-state index contributed by atoms with van der Waals surface area (Å²) >= 11 is 0. The Labute approximate surface area is 114 Å². The molecule has 0 saturated carbocycles. The molecule has 7 heteroatoms. The van der Waals surface area contributed by atoms with Crippen molar-refractivity contribution in [3.63, 3.8) is 0 Å². The zero-order valence-electron chi connectivity index (χ0n) is 10.4. The molecule has 0 bridgehead atoms. The number of aromatic hydroxyl groups is 1. The van der Waals surface area contributed by atoms with Crippen molar-refractivity contribution < 1.29 is 13.5 Å². The molecule has 0 aromatic heterocycles.